The molecule has 0 aromatic rings. The lowest BCUT2D eigenvalue weighted by atomic mass is 10.4. The lowest BCUT2D eigenvalue weighted by molar-refractivity contribution is 0.188. The minimum Gasteiger partial charge on any atom is -0.385 e. The van der Waals surface area contributed by atoms with E-state index in [9.17, 15) is 0 Å². The van der Waals surface area contributed by atoms with Crippen molar-refractivity contribution in [3.05, 3.63) is 0 Å². The maximum absolute atomic E-state index is 5.21. The van der Waals surface area contributed by atoms with Gasteiger partial charge in [-0.1, -0.05) is 0 Å². The summed E-state index contributed by atoms with van der Waals surface area (Å²) in [5, 5.41) is 3.97. The van der Waals surface area contributed by atoms with E-state index in [4.69, 9.17) is 21.7 Å². The summed E-state index contributed by atoms with van der Waals surface area (Å²) in [6.45, 7) is 3.32. The average Bonchev–Trinajstić information content (AvgIpc) is 2.24. The summed E-state index contributed by atoms with van der Waals surface area (Å²) >= 11 is 5.21. The first-order valence-electron chi connectivity index (χ1n) is 5.19. The molecule has 0 atom stereocenters. The van der Waals surface area contributed by atoms with E-state index in [0.717, 1.165) is 44.3 Å². The fourth-order valence-corrected chi connectivity index (χ4v) is 1.29. The number of thiocarbonyl (C=S) groups is 1. The van der Waals surface area contributed by atoms with Crippen molar-refractivity contribution >= 4 is 17.3 Å². The summed E-state index contributed by atoms with van der Waals surface area (Å²) in [7, 11) is 5.40. The number of hydrogen-bond donors (Lipinski definition) is 1. The molecule has 0 saturated carbocycles. The van der Waals surface area contributed by atoms with Crippen molar-refractivity contribution in [2.75, 3.05) is 47.6 Å². The van der Waals surface area contributed by atoms with Gasteiger partial charge in [-0.3, -0.25) is 0 Å². The zero-order chi connectivity index (χ0) is 11.5. The SMILES string of the molecule is COCCCNC(=S)N(C)CCCOC. The first-order valence-corrected chi connectivity index (χ1v) is 5.60. The molecule has 0 fully saturated rings. The van der Waals surface area contributed by atoms with E-state index in [2.05, 4.69) is 5.32 Å². The highest BCUT2D eigenvalue weighted by Gasteiger charge is 2.02. The molecule has 15 heavy (non-hydrogen) atoms. The first kappa shape index (κ1) is 14.6. The fraction of sp³-hybridized carbons (Fsp3) is 0.900. The summed E-state index contributed by atoms with van der Waals surface area (Å²) in [6, 6.07) is 0. The second kappa shape index (κ2) is 10.1. The highest BCUT2D eigenvalue weighted by atomic mass is 32.1. The number of nitrogens with one attached hydrogen (secondary N) is 1. The largest absolute Gasteiger partial charge is 0.385 e. The van der Waals surface area contributed by atoms with E-state index in [-0.39, 0.29) is 0 Å². The predicted octanol–water partition coefficient (Wildman–Crippen LogP) is 0.866. The Balaban J connectivity index is 3.42. The van der Waals surface area contributed by atoms with Crippen LogP contribution in [0.3, 0.4) is 0 Å². The van der Waals surface area contributed by atoms with Crippen LogP contribution in [0.5, 0.6) is 0 Å². The third-order valence-corrected chi connectivity index (χ3v) is 2.45. The Bertz CT molecular complexity index is 168. The quantitative estimate of drug-likeness (QED) is 0.498. The molecule has 0 rings (SSSR count). The Morgan fingerprint density at radius 2 is 1.80 bits per heavy atom. The molecule has 0 amide bonds. The van der Waals surface area contributed by atoms with Crippen LogP contribution in [0.2, 0.25) is 0 Å². The number of nitrogens with zero attached hydrogens (tertiary/aromatic N) is 1. The van der Waals surface area contributed by atoms with E-state index in [0.29, 0.717) is 0 Å². The van der Waals surface area contributed by atoms with E-state index in [1.54, 1.807) is 14.2 Å². The van der Waals surface area contributed by atoms with Gasteiger partial charge in [-0.25, -0.2) is 0 Å². The summed E-state index contributed by atoms with van der Waals surface area (Å²) < 4.78 is 9.93. The highest BCUT2D eigenvalue weighted by molar-refractivity contribution is 7.80. The lowest BCUT2D eigenvalue weighted by Crippen LogP contribution is -2.38. The van der Waals surface area contributed by atoms with Gasteiger partial charge >= 0.3 is 0 Å². The van der Waals surface area contributed by atoms with Crippen LogP contribution in [0.1, 0.15) is 12.8 Å². The molecule has 0 saturated heterocycles. The second-order valence-electron chi connectivity index (χ2n) is 3.35. The molecule has 0 aliphatic carbocycles. The molecule has 0 unspecified atom stereocenters. The van der Waals surface area contributed by atoms with Gasteiger partial charge < -0.3 is 19.7 Å². The summed E-state index contributed by atoms with van der Waals surface area (Å²) in [4.78, 5) is 2.03. The molecule has 0 bridgehead atoms. The average molecular weight is 234 g/mol. The van der Waals surface area contributed by atoms with Crippen molar-refractivity contribution in [2.45, 2.75) is 12.8 Å². The van der Waals surface area contributed by atoms with Crippen molar-refractivity contribution in [1.82, 2.24) is 10.2 Å². The van der Waals surface area contributed by atoms with Crippen LogP contribution in [0.15, 0.2) is 0 Å². The van der Waals surface area contributed by atoms with Crippen LogP contribution < -0.4 is 5.32 Å². The highest BCUT2D eigenvalue weighted by Crippen LogP contribution is 1.90. The number of ether oxygens (including phenoxy) is 2. The van der Waals surface area contributed by atoms with Gasteiger partial charge in [-0.2, -0.15) is 0 Å². The van der Waals surface area contributed by atoms with Crippen molar-refractivity contribution in [3.63, 3.8) is 0 Å². The number of hydrogen-bond acceptors (Lipinski definition) is 3. The van der Waals surface area contributed by atoms with Crippen molar-refractivity contribution < 1.29 is 9.47 Å². The Morgan fingerprint density at radius 1 is 1.20 bits per heavy atom. The fourth-order valence-electron chi connectivity index (χ4n) is 1.09. The van der Waals surface area contributed by atoms with Gasteiger partial charge in [0.05, 0.1) is 0 Å². The minimum absolute atomic E-state index is 0.767. The molecular weight excluding hydrogens is 212 g/mol. The maximum atomic E-state index is 5.21. The Morgan fingerprint density at radius 3 is 2.40 bits per heavy atom. The third kappa shape index (κ3) is 8.59. The summed E-state index contributed by atoms with van der Waals surface area (Å²) in [5.74, 6) is 0. The van der Waals surface area contributed by atoms with Gasteiger partial charge in [0.1, 0.15) is 0 Å². The van der Waals surface area contributed by atoms with Gasteiger partial charge in [0, 0.05) is 47.6 Å². The van der Waals surface area contributed by atoms with Crippen LogP contribution in [0, 0.1) is 0 Å². The molecule has 0 heterocycles. The molecule has 0 aromatic heterocycles. The van der Waals surface area contributed by atoms with Crippen molar-refractivity contribution in [3.8, 4) is 0 Å². The lowest BCUT2D eigenvalue weighted by Gasteiger charge is -2.20. The molecule has 5 heteroatoms. The molecule has 0 aromatic carbocycles. The van der Waals surface area contributed by atoms with E-state index in [1.807, 2.05) is 11.9 Å². The molecular formula is C10H22N2O2S. The standard InChI is InChI=1S/C10H22N2O2S/c1-12(7-5-9-14-3)10(15)11-6-4-8-13-2/h4-9H2,1-3H3,(H,11,15). The van der Waals surface area contributed by atoms with Gasteiger partial charge in [0.15, 0.2) is 5.11 Å². The minimum atomic E-state index is 0.767. The van der Waals surface area contributed by atoms with Gasteiger partial charge in [-0.15, -0.1) is 0 Å². The van der Waals surface area contributed by atoms with Crippen LogP contribution in [-0.2, 0) is 9.47 Å². The zero-order valence-electron chi connectivity index (χ0n) is 9.91. The van der Waals surface area contributed by atoms with Crippen LogP contribution in [-0.4, -0.2) is 57.6 Å². The Kier molecular flexibility index (Phi) is 9.88. The number of rotatable bonds is 8. The molecule has 0 spiro atoms. The molecule has 0 aliphatic rings. The predicted molar refractivity (Wildman–Crippen MR) is 66.2 cm³/mol. The zero-order valence-corrected chi connectivity index (χ0v) is 10.7. The van der Waals surface area contributed by atoms with Crippen LogP contribution >= 0.6 is 12.2 Å². The molecule has 1 N–H and O–H groups in total. The monoisotopic (exact) mass is 234 g/mol. The normalized spacial score (nSPS) is 10.1. The molecule has 0 radical (unpaired) electrons. The number of methoxy groups -OCH3 is 2. The Hall–Kier alpha value is -0.390. The smallest absolute Gasteiger partial charge is 0.168 e. The Labute approximate surface area is 97.9 Å². The van der Waals surface area contributed by atoms with Crippen LogP contribution in [0.4, 0.5) is 0 Å². The molecule has 4 nitrogen and oxygen atoms in total. The topological polar surface area (TPSA) is 33.7 Å². The summed E-state index contributed by atoms with van der Waals surface area (Å²) in [6.07, 6.45) is 1.97. The van der Waals surface area contributed by atoms with Gasteiger partial charge in [0.2, 0.25) is 0 Å². The van der Waals surface area contributed by atoms with Crippen molar-refractivity contribution in [1.29, 1.82) is 0 Å². The third-order valence-electron chi connectivity index (χ3n) is 1.99. The second-order valence-corrected chi connectivity index (χ2v) is 3.73. The van der Waals surface area contributed by atoms with Crippen molar-refractivity contribution in [2.24, 2.45) is 0 Å². The summed E-state index contributed by atoms with van der Waals surface area (Å²) in [5.41, 5.74) is 0. The van der Waals surface area contributed by atoms with E-state index >= 15 is 0 Å². The van der Waals surface area contributed by atoms with Gasteiger partial charge in [-0.05, 0) is 25.1 Å². The maximum Gasteiger partial charge on any atom is 0.168 e. The first-order chi connectivity index (χ1) is 7.22. The van der Waals surface area contributed by atoms with Crippen LogP contribution in [0.25, 0.3) is 0 Å². The van der Waals surface area contributed by atoms with E-state index in [1.165, 1.54) is 0 Å². The molecule has 90 valence electrons. The van der Waals surface area contributed by atoms with Gasteiger partial charge in [0.25, 0.3) is 0 Å². The molecule has 0 aliphatic heterocycles. The van der Waals surface area contributed by atoms with E-state index < -0.39 is 0 Å².